The van der Waals surface area contributed by atoms with E-state index in [-0.39, 0.29) is 0 Å². The van der Waals surface area contributed by atoms with Gasteiger partial charge in [0.1, 0.15) is 0 Å². The summed E-state index contributed by atoms with van der Waals surface area (Å²) in [6, 6.07) is 5.93. The minimum atomic E-state index is 0.717. The number of anilines is 1. The highest BCUT2D eigenvalue weighted by Crippen LogP contribution is 2.26. The van der Waals surface area contributed by atoms with Crippen molar-refractivity contribution in [1.29, 1.82) is 0 Å². The largest absolute Gasteiger partial charge is 0.462 e. The number of fused-ring (bicyclic) bond motifs is 1. The summed E-state index contributed by atoms with van der Waals surface area (Å²) in [5.41, 5.74) is 8.65. The van der Waals surface area contributed by atoms with Gasteiger partial charge in [0.05, 0.1) is 12.0 Å². The zero-order chi connectivity index (χ0) is 11.7. The number of nitrogen functional groups attached to an aromatic ring is 1. The van der Waals surface area contributed by atoms with Crippen LogP contribution in [0.2, 0.25) is 0 Å². The van der Waals surface area contributed by atoms with E-state index in [9.17, 15) is 0 Å². The Morgan fingerprint density at radius 1 is 1.29 bits per heavy atom. The minimum absolute atomic E-state index is 0.717. The van der Waals surface area contributed by atoms with Gasteiger partial charge in [-0.1, -0.05) is 12.1 Å². The van der Waals surface area contributed by atoms with Crippen LogP contribution in [0.15, 0.2) is 28.9 Å². The topological polar surface area (TPSA) is 54.4 Å². The fraction of sp³-hybridized carbons (Fsp3) is 0.385. The summed E-state index contributed by atoms with van der Waals surface area (Å²) in [6.07, 6.45) is 1.84. The third-order valence-electron chi connectivity index (χ3n) is 3.31. The minimum Gasteiger partial charge on any atom is -0.462 e. The zero-order valence-electron chi connectivity index (χ0n) is 9.78. The summed E-state index contributed by atoms with van der Waals surface area (Å²) in [6.45, 7) is 5.26. The van der Waals surface area contributed by atoms with E-state index in [1.165, 1.54) is 5.56 Å². The molecule has 3 N–H and O–H groups in total. The van der Waals surface area contributed by atoms with Crippen molar-refractivity contribution >= 4 is 16.7 Å². The maximum atomic E-state index is 5.89. The third kappa shape index (κ3) is 2.01. The Labute approximate surface area is 100 Å². The van der Waals surface area contributed by atoms with Crippen molar-refractivity contribution in [3.05, 3.63) is 30.0 Å². The Morgan fingerprint density at radius 3 is 2.94 bits per heavy atom. The molecule has 0 atom stereocenters. The highest BCUT2D eigenvalue weighted by molar-refractivity contribution is 5.90. The van der Waals surface area contributed by atoms with E-state index >= 15 is 0 Å². The number of benzene rings is 1. The van der Waals surface area contributed by atoms with Gasteiger partial charge in [-0.3, -0.25) is 4.90 Å². The molecule has 1 aliphatic heterocycles. The molecule has 1 aliphatic rings. The summed E-state index contributed by atoms with van der Waals surface area (Å²) in [5.74, 6) is 0. The van der Waals surface area contributed by atoms with Crippen LogP contribution in [0, 0.1) is 0 Å². The number of piperazine rings is 1. The molecule has 0 bridgehead atoms. The molecule has 4 heteroatoms. The second-order valence-electron chi connectivity index (χ2n) is 4.51. The van der Waals surface area contributed by atoms with E-state index < -0.39 is 0 Å². The molecule has 90 valence electrons. The summed E-state index contributed by atoms with van der Waals surface area (Å²) < 4.78 is 5.55. The van der Waals surface area contributed by atoms with Crippen LogP contribution >= 0.6 is 0 Å². The SMILES string of the molecule is Nc1cccc2c(CN3CCNCC3)coc12. The lowest BCUT2D eigenvalue weighted by Gasteiger charge is -2.26. The van der Waals surface area contributed by atoms with Gasteiger partial charge in [-0.25, -0.2) is 0 Å². The summed E-state index contributed by atoms with van der Waals surface area (Å²) in [4.78, 5) is 2.43. The first-order valence-electron chi connectivity index (χ1n) is 6.02. The molecule has 1 fully saturated rings. The van der Waals surface area contributed by atoms with Gasteiger partial charge in [0.2, 0.25) is 0 Å². The van der Waals surface area contributed by atoms with Gasteiger partial charge < -0.3 is 15.5 Å². The van der Waals surface area contributed by atoms with Crippen LogP contribution in [0.25, 0.3) is 11.0 Å². The van der Waals surface area contributed by atoms with E-state index in [2.05, 4.69) is 16.3 Å². The second-order valence-corrected chi connectivity index (χ2v) is 4.51. The van der Waals surface area contributed by atoms with Crippen LogP contribution in [-0.4, -0.2) is 31.1 Å². The van der Waals surface area contributed by atoms with Crippen LogP contribution in [0.5, 0.6) is 0 Å². The number of nitrogens with zero attached hydrogens (tertiary/aromatic N) is 1. The van der Waals surface area contributed by atoms with Crippen molar-refractivity contribution in [2.24, 2.45) is 0 Å². The van der Waals surface area contributed by atoms with Gasteiger partial charge in [-0.2, -0.15) is 0 Å². The molecule has 4 nitrogen and oxygen atoms in total. The highest BCUT2D eigenvalue weighted by Gasteiger charge is 2.14. The van der Waals surface area contributed by atoms with Crippen LogP contribution in [0.4, 0.5) is 5.69 Å². The molecule has 2 heterocycles. The number of para-hydroxylation sites is 1. The summed E-state index contributed by atoms with van der Waals surface area (Å²) >= 11 is 0. The Balaban J connectivity index is 1.87. The number of hydrogen-bond donors (Lipinski definition) is 2. The van der Waals surface area contributed by atoms with Crippen molar-refractivity contribution in [3.8, 4) is 0 Å². The molecule has 1 aromatic heterocycles. The maximum absolute atomic E-state index is 5.89. The van der Waals surface area contributed by atoms with Crippen molar-refractivity contribution in [2.75, 3.05) is 31.9 Å². The number of furan rings is 1. The first kappa shape index (κ1) is 10.6. The quantitative estimate of drug-likeness (QED) is 0.768. The monoisotopic (exact) mass is 231 g/mol. The van der Waals surface area contributed by atoms with E-state index in [1.807, 2.05) is 18.4 Å². The number of rotatable bonds is 2. The molecule has 0 aliphatic carbocycles. The normalized spacial score (nSPS) is 17.6. The molecule has 0 amide bonds. The van der Waals surface area contributed by atoms with E-state index in [0.717, 1.165) is 43.7 Å². The molecular weight excluding hydrogens is 214 g/mol. The lowest BCUT2D eigenvalue weighted by Crippen LogP contribution is -2.42. The van der Waals surface area contributed by atoms with Crippen molar-refractivity contribution in [3.63, 3.8) is 0 Å². The first-order chi connectivity index (χ1) is 8.34. The lowest BCUT2D eigenvalue weighted by atomic mass is 10.1. The van der Waals surface area contributed by atoms with Crippen molar-refractivity contribution in [2.45, 2.75) is 6.54 Å². The molecule has 2 aromatic rings. The molecule has 0 saturated carbocycles. The first-order valence-corrected chi connectivity index (χ1v) is 6.02. The van der Waals surface area contributed by atoms with Crippen LogP contribution in [-0.2, 0) is 6.54 Å². The molecule has 3 rings (SSSR count). The Hall–Kier alpha value is -1.52. The van der Waals surface area contributed by atoms with Gasteiger partial charge in [0.25, 0.3) is 0 Å². The molecule has 1 aromatic carbocycles. The number of nitrogens with two attached hydrogens (primary N) is 1. The smallest absolute Gasteiger partial charge is 0.157 e. The fourth-order valence-electron chi connectivity index (χ4n) is 2.37. The van der Waals surface area contributed by atoms with Crippen molar-refractivity contribution in [1.82, 2.24) is 10.2 Å². The highest BCUT2D eigenvalue weighted by atomic mass is 16.3. The predicted molar refractivity (Wildman–Crippen MR) is 68.8 cm³/mol. The summed E-state index contributed by atoms with van der Waals surface area (Å²) in [5, 5.41) is 4.50. The average molecular weight is 231 g/mol. The lowest BCUT2D eigenvalue weighted by molar-refractivity contribution is 0.233. The van der Waals surface area contributed by atoms with Crippen LogP contribution in [0.3, 0.4) is 0 Å². The molecule has 17 heavy (non-hydrogen) atoms. The Kier molecular flexibility index (Phi) is 2.74. The third-order valence-corrected chi connectivity index (χ3v) is 3.31. The molecule has 0 unspecified atom stereocenters. The van der Waals surface area contributed by atoms with Crippen molar-refractivity contribution < 1.29 is 4.42 Å². The standard InChI is InChI=1S/C13H17N3O/c14-12-3-1-2-11-10(9-17-13(11)12)8-16-6-4-15-5-7-16/h1-3,9,15H,4-8,14H2. The van der Waals surface area contributed by atoms with E-state index in [4.69, 9.17) is 10.2 Å². The van der Waals surface area contributed by atoms with Crippen LogP contribution in [0.1, 0.15) is 5.56 Å². The number of hydrogen-bond acceptors (Lipinski definition) is 4. The van der Waals surface area contributed by atoms with Gasteiger partial charge >= 0.3 is 0 Å². The second kappa shape index (κ2) is 4.39. The predicted octanol–water partition coefficient (Wildman–Crippen LogP) is 1.42. The van der Waals surface area contributed by atoms with E-state index in [0.29, 0.717) is 5.69 Å². The van der Waals surface area contributed by atoms with Crippen LogP contribution < -0.4 is 11.1 Å². The molecule has 0 spiro atoms. The molecular formula is C13H17N3O. The van der Waals surface area contributed by atoms with Gasteiger partial charge in [-0.05, 0) is 6.07 Å². The zero-order valence-corrected chi connectivity index (χ0v) is 9.78. The van der Waals surface area contributed by atoms with Gasteiger partial charge in [-0.15, -0.1) is 0 Å². The van der Waals surface area contributed by atoms with Gasteiger partial charge in [0.15, 0.2) is 5.58 Å². The maximum Gasteiger partial charge on any atom is 0.157 e. The summed E-state index contributed by atoms with van der Waals surface area (Å²) in [7, 11) is 0. The van der Waals surface area contributed by atoms with E-state index in [1.54, 1.807) is 0 Å². The number of nitrogens with one attached hydrogen (secondary N) is 1. The average Bonchev–Trinajstić information content (AvgIpc) is 2.76. The van der Waals surface area contributed by atoms with Gasteiger partial charge in [0, 0.05) is 43.7 Å². The molecule has 0 radical (unpaired) electrons. The Morgan fingerprint density at radius 2 is 2.12 bits per heavy atom. The fourth-order valence-corrected chi connectivity index (χ4v) is 2.37. The Bertz CT molecular complexity index is 514. The molecule has 1 saturated heterocycles.